The summed E-state index contributed by atoms with van der Waals surface area (Å²) in [6.07, 6.45) is 2.10. The topological polar surface area (TPSA) is 59.8 Å². The van der Waals surface area contributed by atoms with E-state index in [0.717, 1.165) is 33.1 Å². The Labute approximate surface area is 198 Å². The normalized spacial score (nSPS) is 10.9. The number of nitrogens with one attached hydrogen (secondary N) is 1. The number of hydrogen-bond acceptors (Lipinski definition) is 5. The first-order chi connectivity index (χ1) is 16.2. The van der Waals surface area contributed by atoms with Crippen LogP contribution in [0.1, 0.15) is 11.3 Å². The quantitative estimate of drug-likeness (QED) is 0.328. The van der Waals surface area contributed by atoms with Crippen LogP contribution in [0.25, 0.3) is 27.5 Å². The summed E-state index contributed by atoms with van der Waals surface area (Å²) in [5, 5.41) is 14.6. The fraction of sp³-hybridized carbons (Fsp3) is 0.0800. The second-order valence-corrected chi connectivity index (χ2v) is 9.04. The van der Waals surface area contributed by atoms with Crippen molar-refractivity contribution in [1.29, 1.82) is 0 Å². The highest BCUT2D eigenvalue weighted by Gasteiger charge is 2.15. The van der Waals surface area contributed by atoms with E-state index in [2.05, 4.69) is 10.3 Å². The molecule has 5 nitrogen and oxygen atoms in total. The summed E-state index contributed by atoms with van der Waals surface area (Å²) < 4.78 is 15.2. The summed E-state index contributed by atoms with van der Waals surface area (Å²) in [5.41, 5.74) is 5.06. The Bertz CT molecular complexity index is 1360. The van der Waals surface area contributed by atoms with Crippen LogP contribution in [0.4, 0.5) is 4.39 Å². The van der Waals surface area contributed by atoms with E-state index >= 15 is 0 Å². The summed E-state index contributed by atoms with van der Waals surface area (Å²) in [7, 11) is 0. The third-order valence-electron chi connectivity index (χ3n) is 5.07. The van der Waals surface area contributed by atoms with Gasteiger partial charge in [-0.2, -0.15) is 16.4 Å². The summed E-state index contributed by atoms with van der Waals surface area (Å²) in [6.45, 7) is 0.305. The van der Waals surface area contributed by atoms with Crippen LogP contribution in [0.5, 0.6) is 0 Å². The molecule has 0 bridgehead atoms. The lowest BCUT2D eigenvalue weighted by Gasteiger charge is -2.05. The van der Waals surface area contributed by atoms with E-state index in [-0.39, 0.29) is 18.1 Å². The van der Waals surface area contributed by atoms with Gasteiger partial charge in [-0.05, 0) is 47.8 Å². The minimum atomic E-state index is -0.304. The molecule has 0 aliphatic heterocycles. The van der Waals surface area contributed by atoms with Crippen LogP contribution in [-0.4, -0.2) is 20.7 Å². The molecule has 8 heteroatoms. The molecule has 0 saturated heterocycles. The van der Waals surface area contributed by atoms with Gasteiger partial charge in [0.1, 0.15) is 10.8 Å². The number of halogens is 1. The molecule has 1 amide bonds. The van der Waals surface area contributed by atoms with Crippen molar-refractivity contribution < 1.29 is 9.18 Å². The van der Waals surface area contributed by atoms with Crippen molar-refractivity contribution >= 4 is 28.6 Å². The predicted molar refractivity (Wildman–Crippen MR) is 130 cm³/mol. The highest BCUT2D eigenvalue weighted by Crippen LogP contribution is 2.26. The van der Waals surface area contributed by atoms with E-state index in [1.54, 1.807) is 28.2 Å². The van der Waals surface area contributed by atoms with Gasteiger partial charge in [-0.3, -0.25) is 4.79 Å². The molecule has 5 aromatic rings. The van der Waals surface area contributed by atoms with Gasteiger partial charge in [-0.15, -0.1) is 11.3 Å². The number of thiazole rings is 1. The molecular weight excluding hydrogens is 455 g/mol. The van der Waals surface area contributed by atoms with Gasteiger partial charge >= 0.3 is 0 Å². The van der Waals surface area contributed by atoms with Crippen LogP contribution in [0, 0.1) is 5.82 Å². The molecule has 5 rings (SSSR count). The number of thiophene rings is 1. The smallest absolute Gasteiger partial charge is 0.226 e. The van der Waals surface area contributed by atoms with E-state index in [9.17, 15) is 9.18 Å². The number of benzene rings is 2. The Morgan fingerprint density at radius 2 is 1.82 bits per heavy atom. The molecular formula is C25H19FN4OS2. The number of nitrogens with zero attached hydrogens (tertiary/aromatic N) is 3. The van der Waals surface area contributed by atoms with Crippen LogP contribution in [-0.2, 0) is 17.8 Å². The van der Waals surface area contributed by atoms with Gasteiger partial charge in [0.25, 0.3) is 0 Å². The highest BCUT2D eigenvalue weighted by molar-refractivity contribution is 7.14. The van der Waals surface area contributed by atoms with E-state index in [1.165, 1.54) is 23.5 Å². The average Bonchev–Trinajstić information content (AvgIpc) is 3.60. The number of hydrogen-bond donors (Lipinski definition) is 1. The van der Waals surface area contributed by atoms with Gasteiger partial charge in [0.2, 0.25) is 5.91 Å². The minimum Gasteiger partial charge on any atom is -0.352 e. The SMILES string of the molecule is O=C(Cc1csc(-c2ccsc2)n1)NCc1cn(-c2ccccc2)nc1-c1ccc(F)cc1. The van der Waals surface area contributed by atoms with Gasteiger partial charge in [0.05, 0.1) is 23.5 Å². The minimum absolute atomic E-state index is 0.116. The number of carbonyl (C=O) groups is 1. The van der Waals surface area contributed by atoms with Gasteiger partial charge in [-0.25, -0.2) is 14.1 Å². The first-order valence-electron chi connectivity index (χ1n) is 10.3. The van der Waals surface area contributed by atoms with Crippen LogP contribution in [0.3, 0.4) is 0 Å². The molecule has 2 aromatic carbocycles. The molecule has 1 N–H and O–H groups in total. The molecule has 3 heterocycles. The van der Waals surface area contributed by atoms with Crippen LogP contribution in [0.15, 0.2) is 83.0 Å². The number of carbonyl (C=O) groups excluding carboxylic acids is 1. The standard InChI is InChI=1S/C25H19FN4OS2/c26-20-8-6-17(7-9-20)24-19(14-30(29-24)22-4-2-1-3-5-22)13-27-23(31)12-21-16-33-25(28-21)18-10-11-32-15-18/h1-11,14-16H,12-13H2,(H,27,31). The second kappa shape index (κ2) is 9.48. The van der Waals surface area contributed by atoms with Crippen molar-refractivity contribution in [2.45, 2.75) is 13.0 Å². The van der Waals surface area contributed by atoms with Crippen molar-refractivity contribution in [3.05, 3.63) is 100 Å². The highest BCUT2D eigenvalue weighted by atomic mass is 32.1. The molecule has 0 aliphatic carbocycles. The van der Waals surface area contributed by atoms with Crippen LogP contribution in [0.2, 0.25) is 0 Å². The molecule has 0 radical (unpaired) electrons. The Morgan fingerprint density at radius 1 is 1.00 bits per heavy atom. The van der Waals surface area contributed by atoms with Crippen molar-refractivity contribution in [2.75, 3.05) is 0 Å². The lowest BCUT2D eigenvalue weighted by molar-refractivity contribution is -0.120. The van der Waals surface area contributed by atoms with Crippen molar-refractivity contribution in [1.82, 2.24) is 20.1 Å². The zero-order valence-corrected chi connectivity index (χ0v) is 19.1. The lowest BCUT2D eigenvalue weighted by Crippen LogP contribution is -2.24. The predicted octanol–water partition coefficient (Wildman–Crippen LogP) is 5.72. The molecule has 0 spiro atoms. The molecule has 164 valence electrons. The van der Waals surface area contributed by atoms with Gasteiger partial charge in [0, 0.05) is 40.2 Å². The summed E-state index contributed by atoms with van der Waals surface area (Å²) in [4.78, 5) is 17.2. The Balaban J connectivity index is 1.33. The molecule has 33 heavy (non-hydrogen) atoms. The molecule has 0 saturated carbocycles. The second-order valence-electron chi connectivity index (χ2n) is 7.40. The zero-order valence-electron chi connectivity index (χ0n) is 17.4. The van der Waals surface area contributed by atoms with Crippen LogP contribution < -0.4 is 5.32 Å². The van der Waals surface area contributed by atoms with Crippen molar-refractivity contribution in [3.63, 3.8) is 0 Å². The van der Waals surface area contributed by atoms with Gasteiger partial charge in [0.15, 0.2) is 0 Å². The van der Waals surface area contributed by atoms with Crippen molar-refractivity contribution in [2.24, 2.45) is 0 Å². The fourth-order valence-electron chi connectivity index (χ4n) is 3.43. The maximum atomic E-state index is 13.4. The van der Waals surface area contributed by atoms with E-state index in [1.807, 2.05) is 58.7 Å². The Hall–Kier alpha value is -3.62. The number of aromatic nitrogens is 3. The molecule has 3 aromatic heterocycles. The summed E-state index contributed by atoms with van der Waals surface area (Å²) in [5.74, 6) is -0.420. The Morgan fingerprint density at radius 3 is 2.58 bits per heavy atom. The largest absolute Gasteiger partial charge is 0.352 e. The lowest BCUT2D eigenvalue weighted by atomic mass is 10.1. The average molecular weight is 475 g/mol. The maximum absolute atomic E-state index is 13.4. The Kier molecular flexibility index (Phi) is 6.10. The first kappa shape index (κ1) is 21.2. The fourth-order valence-corrected chi connectivity index (χ4v) is 4.96. The number of rotatable bonds is 7. The van der Waals surface area contributed by atoms with Gasteiger partial charge < -0.3 is 5.32 Å². The van der Waals surface area contributed by atoms with Gasteiger partial charge in [-0.1, -0.05) is 18.2 Å². The monoisotopic (exact) mass is 474 g/mol. The first-order valence-corrected chi connectivity index (χ1v) is 12.1. The molecule has 0 unspecified atom stereocenters. The van der Waals surface area contributed by atoms with E-state index in [0.29, 0.717) is 12.2 Å². The third-order valence-corrected chi connectivity index (χ3v) is 6.69. The molecule has 0 aliphatic rings. The summed E-state index contributed by atoms with van der Waals surface area (Å²) in [6, 6.07) is 18.0. The molecule has 0 fully saturated rings. The number of para-hydroxylation sites is 1. The number of amides is 1. The third kappa shape index (κ3) is 4.92. The van der Waals surface area contributed by atoms with Crippen molar-refractivity contribution in [3.8, 4) is 27.5 Å². The maximum Gasteiger partial charge on any atom is 0.226 e. The molecule has 0 atom stereocenters. The summed E-state index contributed by atoms with van der Waals surface area (Å²) >= 11 is 3.16. The van der Waals surface area contributed by atoms with E-state index < -0.39 is 0 Å². The zero-order chi connectivity index (χ0) is 22.6. The van der Waals surface area contributed by atoms with Crippen LogP contribution >= 0.6 is 22.7 Å². The van der Waals surface area contributed by atoms with E-state index in [4.69, 9.17) is 5.10 Å².